The lowest BCUT2D eigenvalue weighted by molar-refractivity contribution is -0.137. The van der Waals surface area contributed by atoms with E-state index in [1.54, 1.807) is 4.90 Å². The number of nitrogens with two attached hydrogens (primary N) is 1. The highest BCUT2D eigenvalue weighted by Crippen LogP contribution is 2.20. The van der Waals surface area contributed by atoms with E-state index >= 15 is 0 Å². The molecule has 0 radical (unpaired) electrons. The smallest absolute Gasteiger partial charge is 0.314 e. The summed E-state index contributed by atoms with van der Waals surface area (Å²) in [5.74, 6) is -0.307. The molecule has 1 rings (SSSR count). The number of hydrogen-bond acceptors (Lipinski definition) is 2. The van der Waals surface area contributed by atoms with Crippen LogP contribution in [0.1, 0.15) is 19.3 Å². The molecule has 0 aromatic carbocycles. The molecule has 0 spiro atoms. The van der Waals surface area contributed by atoms with Crippen LogP contribution in [0.15, 0.2) is 0 Å². The molecule has 0 aromatic rings. The number of nitrogens with zero attached hydrogens (tertiary/aromatic N) is 1. The molecule has 5 nitrogen and oxygen atoms in total. The molecule has 1 aliphatic heterocycles. The number of urea groups is 1. The van der Waals surface area contributed by atoms with E-state index in [1.165, 1.54) is 0 Å². The van der Waals surface area contributed by atoms with Crippen molar-refractivity contribution in [3.63, 3.8) is 0 Å². The monoisotopic (exact) mass is 186 g/mol. The van der Waals surface area contributed by atoms with Crippen molar-refractivity contribution in [1.82, 2.24) is 4.90 Å². The third-order valence-electron chi connectivity index (χ3n) is 2.27. The fourth-order valence-corrected chi connectivity index (χ4v) is 1.47. The minimum atomic E-state index is -0.758. The third-order valence-corrected chi connectivity index (χ3v) is 2.27. The Kier molecular flexibility index (Phi) is 3.11. The van der Waals surface area contributed by atoms with Crippen LogP contribution in [0.3, 0.4) is 0 Å². The summed E-state index contributed by atoms with van der Waals surface area (Å²) >= 11 is 0. The molecule has 2 amide bonds. The Balaban J connectivity index is 2.02. The summed E-state index contributed by atoms with van der Waals surface area (Å²) in [6.45, 7) is 1.38. The van der Waals surface area contributed by atoms with Crippen molar-refractivity contribution in [1.29, 1.82) is 0 Å². The average molecular weight is 186 g/mol. The predicted molar refractivity (Wildman–Crippen MR) is 46.1 cm³/mol. The number of carbonyl (C=O) groups is 2. The summed E-state index contributed by atoms with van der Waals surface area (Å²) < 4.78 is 0. The molecule has 0 unspecified atom stereocenters. The minimum Gasteiger partial charge on any atom is -0.481 e. The van der Waals surface area contributed by atoms with Gasteiger partial charge in [-0.05, 0) is 18.8 Å². The maximum Gasteiger partial charge on any atom is 0.314 e. The molecule has 0 aliphatic carbocycles. The first-order valence-electron chi connectivity index (χ1n) is 4.35. The van der Waals surface area contributed by atoms with Gasteiger partial charge in [0, 0.05) is 19.5 Å². The number of aliphatic carboxylic acids is 1. The van der Waals surface area contributed by atoms with E-state index in [0.29, 0.717) is 25.4 Å². The molecule has 0 saturated carbocycles. The van der Waals surface area contributed by atoms with Crippen molar-refractivity contribution < 1.29 is 14.7 Å². The van der Waals surface area contributed by atoms with Gasteiger partial charge in [0.2, 0.25) is 0 Å². The lowest BCUT2D eigenvalue weighted by atomic mass is 9.94. The van der Waals surface area contributed by atoms with Crippen LogP contribution < -0.4 is 5.73 Å². The summed E-state index contributed by atoms with van der Waals surface area (Å²) in [7, 11) is 0. The molecule has 1 fully saturated rings. The van der Waals surface area contributed by atoms with Gasteiger partial charge in [-0.3, -0.25) is 4.79 Å². The number of hydrogen-bond donors (Lipinski definition) is 2. The number of amides is 2. The van der Waals surface area contributed by atoms with Crippen LogP contribution in [0.25, 0.3) is 0 Å². The van der Waals surface area contributed by atoms with Gasteiger partial charge in [0.25, 0.3) is 0 Å². The summed E-state index contributed by atoms with van der Waals surface area (Å²) in [6, 6.07) is -0.380. The zero-order chi connectivity index (χ0) is 9.84. The van der Waals surface area contributed by atoms with Crippen LogP contribution in [-0.4, -0.2) is 35.1 Å². The molecule has 74 valence electrons. The molecule has 0 bridgehead atoms. The molecule has 13 heavy (non-hydrogen) atoms. The molecule has 1 aliphatic rings. The topological polar surface area (TPSA) is 83.6 Å². The summed E-state index contributed by atoms with van der Waals surface area (Å²) in [6.07, 6.45) is 1.77. The normalized spacial score (nSPS) is 16.8. The van der Waals surface area contributed by atoms with Crippen molar-refractivity contribution in [2.45, 2.75) is 19.3 Å². The van der Waals surface area contributed by atoms with E-state index in [-0.39, 0.29) is 12.5 Å². The highest BCUT2D eigenvalue weighted by Gasteiger charge is 2.28. The van der Waals surface area contributed by atoms with Crippen molar-refractivity contribution in [2.75, 3.05) is 13.1 Å². The number of rotatable bonds is 4. The summed E-state index contributed by atoms with van der Waals surface area (Å²) in [5, 5.41) is 8.37. The Morgan fingerprint density at radius 1 is 1.46 bits per heavy atom. The van der Waals surface area contributed by atoms with Crippen LogP contribution in [0.2, 0.25) is 0 Å². The Hall–Kier alpha value is -1.26. The Bertz CT molecular complexity index is 211. The summed E-state index contributed by atoms with van der Waals surface area (Å²) in [5.41, 5.74) is 5.03. The maximum absolute atomic E-state index is 10.6. The number of primary amides is 1. The van der Waals surface area contributed by atoms with Gasteiger partial charge in [0.15, 0.2) is 0 Å². The van der Waals surface area contributed by atoms with E-state index in [0.717, 1.165) is 6.42 Å². The second-order valence-corrected chi connectivity index (χ2v) is 3.40. The molecule has 0 atom stereocenters. The zero-order valence-corrected chi connectivity index (χ0v) is 7.40. The van der Waals surface area contributed by atoms with Crippen molar-refractivity contribution >= 4 is 12.0 Å². The largest absolute Gasteiger partial charge is 0.481 e. The fraction of sp³-hybridized carbons (Fsp3) is 0.750. The van der Waals surface area contributed by atoms with E-state index in [1.807, 2.05) is 0 Å². The molecule has 5 heteroatoms. The number of carboxylic acids is 1. The Morgan fingerprint density at radius 2 is 2.08 bits per heavy atom. The molecule has 1 heterocycles. The van der Waals surface area contributed by atoms with Crippen LogP contribution in [0.4, 0.5) is 4.79 Å². The minimum absolute atomic E-state index is 0.215. The Labute approximate surface area is 76.5 Å². The first-order valence-corrected chi connectivity index (χ1v) is 4.35. The number of carbonyl (C=O) groups excluding carboxylic acids is 1. The van der Waals surface area contributed by atoms with Crippen LogP contribution in [0.5, 0.6) is 0 Å². The lowest BCUT2D eigenvalue weighted by Crippen LogP contribution is -2.52. The van der Waals surface area contributed by atoms with E-state index in [2.05, 4.69) is 0 Å². The standard InChI is InChI=1S/C8H14N2O3/c9-8(13)10-4-6(5-10)2-1-3-7(11)12/h6H,1-5H2,(H2,9,13)(H,11,12). The molecule has 0 aromatic heterocycles. The predicted octanol–water partition coefficient (Wildman–Crippen LogP) is 0.252. The third kappa shape index (κ3) is 2.93. The van der Waals surface area contributed by atoms with Crippen molar-refractivity contribution in [3.8, 4) is 0 Å². The second-order valence-electron chi connectivity index (χ2n) is 3.40. The number of likely N-dealkylation sites (tertiary alicyclic amines) is 1. The van der Waals surface area contributed by atoms with Crippen LogP contribution in [-0.2, 0) is 4.79 Å². The van der Waals surface area contributed by atoms with Gasteiger partial charge < -0.3 is 15.7 Å². The molecular weight excluding hydrogens is 172 g/mol. The first kappa shape index (κ1) is 9.83. The molecule has 1 saturated heterocycles. The number of carboxylic acid groups (broad SMARTS) is 1. The second kappa shape index (κ2) is 4.11. The van der Waals surface area contributed by atoms with Crippen molar-refractivity contribution in [3.05, 3.63) is 0 Å². The van der Waals surface area contributed by atoms with E-state index in [9.17, 15) is 9.59 Å². The first-order chi connectivity index (χ1) is 6.09. The zero-order valence-electron chi connectivity index (χ0n) is 7.40. The average Bonchev–Trinajstić information content (AvgIpc) is 1.92. The van der Waals surface area contributed by atoms with Gasteiger partial charge in [-0.15, -0.1) is 0 Å². The van der Waals surface area contributed by atoms with Gasteiger partial charge in [-0.2, -0.15) is 0 Å². The Morgan fingerprint density at radius 3 is 2.54 bits per heavy atom. The fourth-order valence-electron chi connectivity index (χ4n) is 1.47. The van der Waals surface area contributed by atoms with Gasteiger partial charge in [0.05, 0.1) is 0 Å². The quantitative estimate of drug-likeness (QED) is 0.660. The van der Waals surface area contributed by atoms with Gasteiger partial charge >= 0.3 is 12.0 Å². The van der Waals surface area contributed by atoms with Crippen LogP contribution >= 0.6 is 0 Å². The van der Waals surface area contributed by atoms with Gasteiger partial charge in [-0.25, -0.2) is 4.79 Å². The van der Waals surface area contributed by atoms with Gasteiger partial charge in [-0.1, -0.05) is 0 Å². The van der Waals surface area contributed by atoms with Crippen LogP contribution in [0, 0.1) is 5.92 Å². The maximum atomic E-state index is 10.6. The summed E-state index contributed by atoms with van der Waals surface area (Å²) in [4.78, 5) is 22.3. The van der Waals surface area contributed by atoms with E-state index < -0.39 is 5.97 Å². The van der Waals surface area contributed by atoms with Crippen molar-refractivity contribution in [2.24, 2.45) is 11.7 Å². The molecular formula is C8H14N2O3. The SMILES string of the molecule is NC(=O)N1CC(CCCC(=O)O)C1. The molecule has 3 N–H and O–H groups in total. The lowest BCUT2D eigenvalue weighted by Gasteiger charge is -2.38. The van der Waals surface area contributed by atoms with Gasteiger partial charge in [0.1, 0.15) is 0 Å². The highest BCUT2D eigenvalue weighted by molar-refractivity contribution is 5.72. The van der Waals surface area contributed by atoms with E-state index in [4.69, 9.17) is 10.8 Å². The highest BCUT2D eigenvalue weighted by atomic mass is 16.4.